The summed E-state index contributed by atoms with van der Waals surface area (Å²) in [5, 5.41) is 0. The molecule has 0 saturated carbocycles. The minimum atomic E-state index is -0.0579. The molecule has 1 aromatic rings. The van der Waals surface area contributed by atoms with E-state index in [1.54, 1.807) is 0 Å². The van der Waals surface area contributed by atoms with Crippen molar-refractivity contribution in [2.24, 2.45) is 11.3 Å². The van der Waals surface area contributed by atoms with Crippen LogP contribution in [-0.2, 0) is 0 Å². The van der Waals surface area contributed by atoms with Gasteiger partial charge in [-0.1, -0.05) is 43.6 Å². The van der Waals surface area contributed by atoms with Crippen LogP contribution in [0.3, 0.4) is 0 Å². The standard InChI is InChI=1S/C18H24BrNO/c1-13(2)11-20-10-9-18(3,4)16(12-20)17(21)14-5-7-15(19)8-6-14/h5-8,12-13H,9-11H2,1-4H3. The smallest absolute Gasteiger partial charge is 0.191 e. The van der Waals surface area contributed by atoms with Gasteiger partial charge in [-0.25, -0.2) is 0 Å². The molecule has 0 atom stereocenters. The van der Waals surface area contributed by atoms with Crippen LogP contribution in [-0.4, -0.2) is 23.8 Å². The summed E-state index contributed by atoms with van der Waals surface area (Å²) in [6.07, 6.45) is 3.11. The van der Waals surface area contributed by atoms with Crippen molar-refractivity contribution in [3.8, 4) is 0 Å². The van der Waals surface area contributed by atoms with Crippen LogP contribution in [0.4, 0.5) is 0 Å². The molecule has 2 rings (SSSR count). The lowest BCUT2D eigenvalue weighted by atomic mass is 9.76. The van der Waals surface area contributed by atoms with Crippen molar-refractivity contribution < 1.29 is 4.79 Å². The van der Waals surface area contributed by atoms with E-state index in [4.69, 9.17) is 0 Å². The van der Waals surface area contributed by atoms with E-state index in [1.165, 1.54) is 0 Å². The van der Waals surface area contributed by atoms with Crippen molar-refractivity contribution in [1.29, 1.82) is 0 Å². The zero-order valence-electron chi connectivity index (χ0n) is 13.3. The normalized spacial score (nSPS) is 17.8. The largest absolute Gasteiger partial charge is 0.377 e. The van der Waals surface area contributed by atoms with E-state index in [9.17, 15) is 4.79 Å². The van der Waals surface area contributed by atoms with E-state index in [-0.39, 0.29) is 11.2 Å². The summed E-state index contributed by atoms with van der Waals surface area (Å²) in [4.78, 5) is 15.1. The van der Waals surface area contributed by atoms with Crippen LogP contribution < -0.4 is 0 Å². The van der Waals surface area contributed by atoms with Gasteiger partial charge in [-0.3, -0.25) is 4.79 Å². The average molecular weight is 350 g/mol. The molecule has 1 aromatic carbocycles. The number of Topliss-reactive ketones (excluding diaryl/α,β-unsaturated/α-hetero) is 1. The fourth-order valence-corrected chi connectivity index (χ4v) is 2.98. The monoisotopic (exact) mass is 349 g/mol. The molecule has 114 valence electrons. The van der Waals surface area contributed by atoms with Gasteiger partial charge in [0.2, 0.25) is 0 Å². The number of allylic oxidation sites excluding steroid dienone is 1. The van der Waals surface area contributed by atoms with Crippen LogP contribution in [0.5, 0.6) is 0 Å². The number of hydrogen-bond donors (Lipinski definition) is 0. The van der Waals surface area contributed by atoms with E-state index in [1.807, 2.05) is 24.3 Å². The third kappa shape index (κ3) is 3.97. The van der Waals surface area contributed by atoms with Gasteiger partial charge < -0.3 is 4.90 Å². The Hall–Kier alpha value is -1.09. The van der Waals surface area contributed by atoms with Crippen molar-refractivity contribution in [2.75, 3.05) is 13.1 Å². The zero-order chi connectivity index (χ0) is 15.6. The molecular formula is C18H24BrNO. The van der Waals surface area contributed by atoms with Gasteiger partial charge in [0.1, 0.15) is 0 Å². The quantitative estimate of drug-likeness (QED) is 0.720. The number of halogens is 1. The number of carbonyl (C=O) groups is 1. The molecule has 21 heavy (non-hydrogen) atoms. The maximum absolute atomic E-state index is 12.8. The van der Waals surface area contributed by atoms with Crippen molar-refractivity contribution in [1.82, 2.24) is 4.90 Å². The van der Waals surface area contributed by atoms with Gasteiger partial charge in [0.25, 0.3) is 0 Å². The van der Waals surface area contributed by atoms with E-state index in [0.29, 0.717) is 5.92 Å². The van der Waals surface area contributed by atoms with Gasteiger partial charge in [0.05, 0.1) is 0 Å². The van der Waals surface area contributed by atoms with Crippen molar-refractivity contribution >= 4 is 21.7 Å². The third-order valence-corrected chi connectivity index (χ3v) is 4.54. The molecule has 2 nitrogen and oxygen atoms in total. The summed E-state index contributed by atoms with van der Waals surface area (Å²) in [5.41, 5.74) is 1.64. The van der Waals surface area contributed by atoms with E-state index in [2.05, 4.69) is 54.7 Å². The molecule has 0 bridgehead atoms. The van der Waals surface area contributed by atoms with Crippen LogP contribution in [0.25, 0.3) is 0 Å². The molecular weight excluding hydrogens is 326 g/mol. The molecule has 0 unspecified atom stereocenters. The average Bonchev–Trinajstić information content (AvgIpc) is 2.40. The lowest BCUT2D eigenvalue weighted by Crippen LogP contribution is -2.36. The molecule has 0 aromatic heterocycles. The van der Waals surface area contributed by atoms with Crippen LogP contribution in [0, 0.1) is 11.3 Å². The Kier molecular flexibility index (Phi) is 4.92. The SMILES string of the molecule is CC(C)CN1C=C(C(=O)c2ccc(Br)cc2)C(C)(C)CC1. The number of rotatable bonds is 4. The summed E-state index contributed by atoms with van der Waals surface area (Å²) in [6.45, 7) is 10.8. The Morgan fingerprint density at radius 1 is 1.29 bits per heavy atom. The maximum Gasteiger partial charge on any atom is 0.191 e. The lowest BCUT2D eigenvalue weighted by Gasteiger charge is -2.37. The van der Waals surface area contributed by atoms with Gasteiger partial charge in [-0.2, -0.15) is 0 Å². The Labute approximate surface area is 136 Å². The van der Waals surface area contributed by atoms with Crippen LogP contribution in [0.15, 0.2) is 40.5 Å². The lowest BCUT2D eigenvalue weighted by molar-refractivity contribution is 0.0986. The van der Waals surface area contributed by atoms with Crippen molar-refractivity contribution in [3.63, 3.8) is 0 Å². The predicted molar refractivity (Wildman–Crippen MR) is 91.4 cm³/mol. The van der Waals surface area contributed by atoms with Gasteiger partial charge in [-0.05, 0) is 42.0 Å². The van der Waals surface area contributed by atoms with Crippen LogP contribution in [0.2, 0.25) is 0 Å². The summed E-state index contributed by atoms with van der Waals surface area (Å²) in [5.74, 6) is 0.757. The molecule has 0 radical (unpaired) electrons. The molecule has 3 heteroatoms. The first-order valence-electron chi connectivity index (χ1n) is 7.56. The van der Waals surface area contributed by atoms with Gasteiger partial charge in [0, 0.05) is 34.9 Å². The van der Waals surface area contributed by atoms with Crippen LogP contribution >= 0.6 is 15.9 Å². The topological polar surface area (TPSA) is 20.3 Å². The van der Waals surface area contributed by atoms with Gasteiger partial charge >= 0.3 is 0 Å². The molecule has 0 fully saturated rings. The third-order valence-electron chi connectivity index (χ3n) is 4.02. The predicted octanol–water partition coefficient (Wildman–Crippen LogP) is 4.90. The van der Waals surface area contributed by atoms with E-state index in [0.717, 1.165) is 35.1 Å². The molecule has 1 aliphatic heterocycles. The highest BCUT2D eigenvalue weighted by Gasteiger charge is 2.33. The second-order valence-electron chi connectivity index (χ2n) is 6.90. The van der Waals surface area contributed by atoms with Gasteiger partial charge in [0.15, 0.2) is 5.78 Å². The molecule has 0 saturated heterocycles. The number of hydrogen-bond acceptors (Lipinski definition) is 2. The van der Waals surface area contributed by atoms with E-state index < -0.39 is 0 Å². The number of ketones is 1. The summed E-state index contributed by atoms with van der Waals surface area (Å²) < 4.78 is 0.998. The summed E-state index contributed by atoms with van der Waals surface area (Å²) >= 11 is 3.42. The molecule has 0 amide bonds. The second-order valence-corrected chi connectivity index (χ2v) is 7.82. The zero-order valence-corrected chi connectivity index (χ0v) is 14.9. The first-order chi connectivity index (χ1) is 9.79. The minimum absolute atomic E-state index is 0.0579. The number of benzene rings is 1. The molecule has 1 aliphatic rings. The number of nitrogens with zero attached hydrogens (tertiary/aromatic N) is 1. The van der Waals surface area contributed by atoms with Gasteiger partial charge in [-0.15, -0.1) is 0 Å². The van der Waals surface area contributed by atoms with Crippen molar-refractivity contribution in [3.05, 3.63) is 46.1 Å². The highest BCUT2D eigenvalue weighted by Crippen LogP contribution is 2.36. The minimum Gasteiger partial charge on any atom is -0.377 e. The Morgan fingerprint density at radius 3 is 2.48 bits per heavy atom. The first kappa shape index (κ1) is 16.3. The summed E-state index contributed by atoms with van der Waals surface area (Å²) in [6, 6.07) is 7.64. The van der Waals surface area contributed by atoms with Crippen LogP contribution in [0.1, 0.15) is 44.5 Å². The fraction of sp³-hybridized carbons (Fsp3) is 0.500. The number of carbonyl (C=O) groups excluding carboxylic acids is 1. The molecule has 0 aliphatic carbocycles. The molecule has 0 spiro atoms. The molecule has 1 heterocycles. The molecule has 0 N–H and O–H groups in total. The first-order valence-corrected chi connectivity index (χ1v) is 8.35. The Balaban J connectivity index is 2.30. The van der Waals surface area contributed by atoms with E-state index >= 15 is 0 Å². The maximum atomic E-state index is 12.8. The van der Waals surface area contributed by atoms with Crippen molar-refractivity contribution in [2.45, 2.75) is 34.1 Å². The Morgan fingerprint density at radius 2 is 1.90 bits per heavy atom. The highest BCUT2D eigenvalue weighted by molar-refractivity contribution is 9.10. The highest BCUT2D eigenvalue weighted by atomic mass is 79.9. The summed E-state index contributed by atoms with van der Waals surface area (Å²) in [7, 11) is 0. The second kappa shape index (κ2) is 6.35. The fourth-order valence-electron chi connectivity index (χ4n) is 2.72. The Bertz CT molecular complexity index is 543.